The molecule has 0 saturated carbocycles. The molecule has 2 aromatic heterocycles. The fraction of sp³-hybridized carbons (Fsp3) is 0.0400. The molecule has 0 bridgehead atoms. The Labute approximate surface area is 196 Å². The number of carbonyl (C=O) groups excluding carboxylic acids is 1. The van der Waals surface area contributed by atoms with Gasteiger partial charge in [-0.05, 0) is 54.1 Å². The predicted octanol–water partition coefficient (Wildman–Crippen LogP) is 4.85. The highest BCUT2D eigenvalue weighted by atomic mass is 16.5. The van der Waals surface area contributed by atoms with Gasteiger partial charge in [-0.15, -0.1) is 0 Å². The highest BCUT2D eigenvalue weighted by Crippen LogP contribution is 2.25. The third-order valence-electron chi connectivity index (χ3n) is 4.73. The summed E-state index contributed by atoms with van der Waals surface area (Å²) in [4.78, 5) is 24.9. The number of nitrogens with one attached hydrogen (secondary N) is 3. The van der Waals surface area contributed by atoms with Gasteiger partial charge in [-0.3, -0.25) is 4.98 Å². The number of nitrogens with two attached hydrogens (primary N) is 1. The van der Waals surface area contributed by atoms with Crippen LogP contribution in [0.2, 0.25) is 0 Å². The highest BCUT2D eigenvalue weighted by Gasteiger charge is 2.06. The zero-order chi connectivity index (χ0) is 23.8. The third kappa shape index (κ3) is 5.86. The van der Waals surface area contributed by atoms with E-state index < -0.39 is 0 Å². The molecule has 2 heterocycles. The largest absolute Gasteiger partial charge is 0.495 e. The molecular formula is C25H23N7O2. The number of rotatable bonds is 6. The molecule has 0 unspecified atom stereocenters. The van der Waals surface area contributed by atoms with Gasteiger partial charge in [0.1, 0.15) is 5.75 Å². The van der Waals surface area contributed by atoms with Crippen LogP contribution in [0, 0.1) is 0 Å². The molecule has 9 nitrogen and oxygen atoms in total. The lowest BCUT2D eigenvalue weighted by atomic mass is 10.1. The molecule has 170 valence electrons. The van der Waals surface area contributed by atoms with Crippen molar-refractivity contribution in [2.24, 2.45) is 10.7 Å². The summed E-state index contributed by atoms with van der Waals surface area (Å²) in [5.74, 6) is 1.30. The number of urea groups is 1. The minimum Gasteiger partial charge on any atom is -0.495 e. The first-order valence-electron chi connectivity index (χ1n) is 10.4. The molecule has 0 atom stereocenters. The van der Waals surface area contributed by atoms with Crippen LogP contribution >= 0.6 is 0 Å². The molecular weight excluding hydrogens is 430 g/mol. The summed E-state index contributed by atoms with van der Waals surface area (Å²) < 4.78 is 5.30. The van der Waals surface area contributed by atoms with Crippen molar-refractivity contribution in [3.8, 4) is 16.9 Å². The molecule has 0 fully saturated rings. The van der Waals surface area contributed by atoms with Crippen LogP contribution in [0.1, 0.15) is 0 Å². The molecule has 4 rings (SSSR count). The summed E-state index contributed by atoms with van der Waals surface area (Å²) in [5.41, 5.74) is 9.74. The molecule has 4 aromatic rings. The quantitative estimate of drug-likeness (QED) is 0.244. The smallest absolute Gasteiger partial charge is 0.323 e. The highest BCUT2D eigenvalue weighted by molar-refractivity contribution is 6.00. The van der Waals surface area contributed by atoms with Crippen molar-refractivity contribution in [2.45, 2.75) is 0 Å². The van der Waals surface area contributed by atoms with E-state index in [9.17, 15) is 4.79 Å². The second-order valence-corrected chi connectivity index (χ2v) is 7.13. The van der Waals surface area contributed by atoms with Gasteiger partial charge >= 0.3 is 6.03 Å². The van der Waals surface area contributed by atoms with Gasteiger partial charge in [0.25, 0.3) is 0 Å². The zero-order valence-electron chi connectivity index (χ0n) is 18.4. The fourth-order valence-corrected chi connectivity index (χ4v) is 3.17. The van der Waals surface area contributed by atoms with E-state index in [0.717, 1.165) is 11.1 Å². The van der Waals surface area contributed by atoms with Crippen LogP contribution in [0.25, 0.3) is 11.1 Å². The summed E-state index contributed by atoms with van der Waals surface area (Å²) in [6.07, 6.45) is 4.91. The van der Waals surface area contributed by atoms with Crippen LogP contribution in [0.3, 0.4) is 0 Å². The van der Waals surface area contributed by atoms with Crippen LogP contribution in [-0.4, -0.2) is 29.1 Å². The molecule has 2 aromatic carbocycles. The molecule has 0 spiro atoms. The third-order valence-corrected chi connectivity index (χ3v) is 4.73. The van der Waals surface area contributed by atoms with Gasteiger partial charge in [-0.2, -0.15) is 4.99 Å². The van der Waals surface area contributed by atoms with Crippen LogP contribution < -0.4 is 26.4 Å². The Bertz CT molecular complexity index is 1290. The Kier molecular flexibility index (Phi) is 6.94. The number of carbonyl (C=O) groups is 1. The number of nitrogens with zero attached hydrogens (tertiary/aromatic N) is 3. The summed E-state index contributed by atoms with van der Waals surface area (Å²) in [6.45, 7) is 0. The number of pyridine rings is 2. The van der Waals surface area contributed by atoms with E-state index in [1.807, 2.05) is 54.6 Å². The Balaban J connectivity index is 1.42. The van der Waals surface area contributed by atoms with Crippen molar-refractivity contribution in [2.75, 3.05) is 23.1 Å². The number of aromatic nitrogens is 2. The van der Waals surface area contributed by atoms with Gasteiger partial charge in [-0.25, -0.2) is 9.78 Å². The van der Waals surface area contributed by atoms with Gasteiger partial charge in [0.05, 0.1) is 24.7 Å². The first-order valence-corrected chi connectivity index (χ1v) is 10.4. The van der Waals surface area contributed by atoms with Crippen molar-refractivity contribution < 1.29 is 9.53 Å². The lowest BCUT2D eigenvalue weighted by Gasteiger charge is -2.10. The van der Waals surface area contributed by atoms with Gasteiger partial charge in [0, 0.05) is 23.6 Å². The maximum absolute atomic E-state index is 12.2. The van der Waals surface area contributed by atoms with Crippen molar-refractivity contribution >= 4 is 34.9 Å². The molecule has 5 N–H and O–H groups in total. The van der Waals surface area contributed by atoms with Gasteiger partial charge in [0.15, 0.2) is 11.8 Å². The molecule has 0 saturated heterocycles. The number of benzene rings is 2. The molecule has 34 heavy (non-hydrogen) atoms. The van der Waals surface area contributed by atoms with E-state index in [4.69, 9.17) is 10.5 Å². The maximum atomic E-state index is 12.2. The van der Waals surface area contributed by atoms with E-state index in [1.54, 1.807) is 43.9 Å². The number of para-hydroxylation sites is 2. The number of methoxy groups -OCH3 is 1. The van der Waals surface area contributed by atoms with Crippen molar-refractivity contribution in [3.63, 3.8) is 0 Å². The number of hydrogen-bond donors (Lipinski definition) is 4. The first kappa shape index (κ1) is 22.3. The van der Waals surface area contributed by atoms with Crippen molar-refractivity contribution in [1.29, 1.82) is 0 Å². The van der Waals surface area contributed by atoms with E-state index >= 15 is 0 Å². The van der Waals surface area contributed by atoms with Crippen molar-refractivity contribution in [3.05, 3.63) is 91.4 Å². The number of amides is 2. The minimum atomic E-state index is -0.356. The lowest BCUT2D eigenvalue weighted by Crippen LogP contribution is -2.22. The molecule has 0 aliphatic carbocycles. The number of anilines is 3. The number of aliphatic imine (C=N–C) groups is 1. The molecule has 0 radical (unpaired) electrons. The van der Waals surface area contributed by atoms with Crippen molar-refractivity contribution in [1.82, 2.24) is 9.97 Å². The SMILES string of the molecule is COc1ccccc1NC(N)=Nc1ccc(-c2cccc(NC(=O)Nc3cccnc3)c2)cn1. The van der Waals surface area contributed by atoms with Gasteiger partial charge < -0.3 is 26.4 Å². The second kappa shape index (κ2) is 10.6. The summed E-state index contributed by atoms with van der Waals surface area (Å²) >= 11 is 0. The summed E-state index contributed by atoms with van der Waals surface area (Å²) in [5, 5.41) is 8.56. The van der Waals surface area contributed by atoms with Crippen LogP contribution in [0.4, 0.5) is 27.7 Å². The van der Waals surface area contributed by atoms with Crippen LogP contribution in [-0.2, 0) is 0 Å². The maximum Gasteiger partial charge on any atom is 0.323 e. The molecule has 0 aliphatic rings. The van der Waals surface area contributed by atoms with E-state index in [1.165, 1.54) is 0 Å². The van der Waals surface area contributed by atoms with E-state index in [-0.39, 0.29) is 12.0 Å². The number of hydrogen-bond acceptors (Lipinski definition) is 5. The molecule has 9 heteroatoms. The van der Waals surface area contributed by atoms with Gasteiger partial charge in [0.2, 0.25) is 0 Å². The summed E-state index contributed by atoms with van der Waals surface area (Å²) in [6, 6.07) is 21.7. The average molecular weight is 454 g/mol. The molecule has 0 aliphatic heterocycles. The number of guanidine groups is 1. The Morgan fingerprint density at radius 1 is 0.882 bits per heavy atom. The first-order chi connectivity index (χ1) is 16.6. The Morgan fingerprint density at radius 2 is 1.71 bits per heavy atom. The normalized spacial score (nSPS) is 10.9. The van der Waals surface area contributed by atoms with E-state index in [2.05, 4.69) is 30.9 Å². The van der Waals surface area contributed by atoms with E-state index in [0.29, 0.717) is 28.6 Å². The molecule has 2 amide bonds. The Hall–Kier alpha value is -4.92. The fourth-order valence-electron chi connectivity index (χ4n) is 3.17. The Morgan fingerprint density at radius 3 is 2.47 bits per heavy atom. The zero-order valence-corrected chi connectivity index (χ0v) is 18.4. The topological polar surface area (TPSA) is 127 Å². The number of ether oxygens (including phenoxy) is 1. The predicted molar refractivity (Wildman–Crippen MR) is 134 cm³/mol. The van der Waals surface area contributed by atoms with Crippen LogP contribution in [0.5, 0.6) is 5.75 Å². The lowest BCUT2D eigenvalue weighted by molar-refractivity contribution is 0.262. The monoisotopic (exact) mass is 453 g/mol. The van der Waals surface area contributed by atoms with Crippen LogP contribution in [0.15, 0.2) is 96.4 Å². The summed E-state index contributed by atoms with van der Waals surface area (Å²) in [7, 11) is 1.59. The second-order valence-electron chi connectivity index (χ2n) is 7.13. The van der Waals surface area contributed by atoms with Gasteiger partial charge in [-0.1, -0.05) is 24.3 Å². The standard InChI is InChI=1S/C25H23N7O2/c1-34-22-10-3-2-9-21(22)31-24(26)32-23-12-11-18(15-28-23)17-6-4-7-19(14-17)29-25(33)30-20-8-5-13-27-16-20/h2-16H,1H3,(H2,29,30,33)(H3,26,28,31,32). The minimum absolute atomic E-state index is 0.190. The average Bonchev–Trinajstić information content (AvgIpc) is 2.85.